The van der Waals surface area contributed by atoms with Gasteiger partial charge in [0.25, 0.3) is 0 Å². The molecule has 0 aliphatic carbocycles. The summed E-state index contributed by atoms with van der Waals surface area (Å²) < 4.78 is 66.0. The normalized spacial score (nSPS) is 14.5. The van der Waals surface area contributed by atoms with Crippen molar-refractivity contribution in [3.8, 4) is 11.5 Å². The Hall–Kier alpha value is -3.47. The van der Waals surface area contributed by atoms with E-state index < -0.39 is 17.6 Å². The third-order valence-corrected chi connectivity index (χ3v) is 6.57. The van der Waals surface area contributed by atoms with Crippen LogP contribution < -0.4 is 19.7 Å². The van der Waals surface area contributed by atoms with E-state index in [4.69, 9.17) is 9.47 Å². The van der Waals surface area contributed by atoms with Crippen molar-refractivity contribution in [2.45, 2.75) is 6.18 Å². The minimum atomic E-state index is -4.54. The van der Waals surface area contributed by atoms with Gasteiger partial charge >= 0.3 is 6.18 Å². The van der Waals surface area contributed by atoms with Crippen molar-refractivity contribution in [1.29, 1.82) is 0 Å². The molecule has 11 heteroatoms. The standard InChI is InChI=1S/C26H25BrF4N4O2/c1-36-19-6-3-5-18(16-19)34-11-13-35(14-12-34)25(33-24-20(27)7-4-8-21(24)28)32-22-15-17(26(29,30)31)9-10-23(22)37-2/h3-10,15-16H,11-14H2,1-2H3,(H,32,33). The maximum atomic E-state index is 14.7. The molecule has 196 valence electrons. The van der Waals surface area contributed by atoms with Crippen LogP contribution in [0.15, 0.2) is 70.1 Å². The number of aliphatic imine (C=N–C) groups is 1. The Bertz CT molecular complexity index is 1260. The Morgan fingerprint density at radius 2 is 1.68 bits per heavy atom. The average molecular weight is 581 g/mol. The molecule has 1 aliphatic rings. The van der Waals surface area contributed by atoms with E-state index in [1.54, 1.807) is 13.2 Å². The number of benzene rings is 3. The number of guanidine groups is 1. The number of hydrogen-bond donors (Lipinski definition) is 1. The maximum Gasteiger partial charge on any atom is 0.416 e. The molecule has 0 saturated carbocycles. The molecule has 0 atom stereocenters. The minimum absolute atomic E-state index is 0.0335. The van der Waals surface area contributed by atoms with Crippen molar-refractivity contribution in [2.24, 2.45) is 4.99 Å². The fourth-order valence-corrected chi connectivity index (χ4v) is 4.40. The smallest absolute Gasteiger partial charge is 0.416 e. The molecular formula is C26H25BrF4N4O2. The Labute approximate surface area is 220 Å². The van der Waals surface area contributed by atoms with E-state index in [0.29, 0.717) is 30.7 Å². The molecule has 0 aromatic heterocycles. The van der Waals surface area contributed by atoms with E-state index in [1.807, 2.05) is 29.2 Å². The van der Waals surface area contributed by atoms with E-state index in [9.17, 15) is 17.6 Å². The lowest BCUT2D eigenvalue weighted by Gasteiger charge is -2.38. The number of alkyl halides is 3. The molecule has 0 unspecified atom stereocenters. The third-order valence-electron chi connectivity index (χ3n) is 5.93. The minimum Gasteiger partial charge on any atom is -0.497 e. The predicted molar refractivity (Wildman–Crippen MR) is 140 cm³/mol. The number of piperazine rings is 1. The van der Waals surface area contributed by atoms with Gasteiger partial charge < -0.3 is 24.6 Å². The highest BCUT2D eigenvalue weighted by molar-refractivity contribution is 9.10. The van der Waals surface area contributed by atoms with Crippen LogP contribution in [0.1, 0.15) is 5.56 Å². The van der Waals surface area contributed by atoms with Crippen LogP contribution in [0.3, 0.4) is 0 Å². The molecule has 0 amide bonds. The quantitative estimate of drug-likeness (QED) is 0.211. The molecule has 37 heavy (non-hydrogen) atoms. The summed E-state index contributed by atoms with van der Waals surface area (Å²) in [5, 5.41) is 2.98. The second-order valence-electron chi connectivity index (χ2n) is 8.22. The van der Waals surface area contributed by atoms with Gasteiger partial charge in [-0.1, -0.05) is 12.1 Å². The summed E-state index contributed by atoms with van der Waals surface area (Å²) in [4.78, 5) is 8.54. The van der Waals surface area contributed by atoms with E-state index >= 15 is 0 Å². The summed E-state index contributed by atoms with van der Waals surface area (Å²) in [6.45, 7) is 2.17. The largest absolute Gasteiger partial charge is 0.497 e. The Balaban J connectivity index is 1.66. The van der Waals surface area contributed by atoms with Crippen LogP contribution in [0.5, 0.6) is 11.5 Å². The molecule has 4 rings (SSSR count). The van der Waals surface area contributed by atoms with Crippen LogP contribution in [0.2, 0.25) is 0 Å². The molecule has 1 fully saturated rings. The number of rotatable bonds is 5. The summed E-state index contributed by atoms with van der Waals surface area (Å²) in [6, 6.07) is 15.3. The molecule has 0 radical (unpaired) electrons. The van der Waals surface area contributed by atoms with Crippen molar-refractivity contribution in [1.82, 2.24) is 4.90 Å². The average Bonchev–Trinajstić information content (AvgIpc) is 2.89. The summed E-state index contributed by atoms with van der Waals surface area (Å²) in [7, 11) is 2.97. The maximum absolute atomic E-state index is 14.7. The highest BCUT2D eigenvalue weighted by Crippen LogP contribution is 2.36. The van der Waals surface area contributed by atoms with Crippen LogP contribution in [0, 0.1) is 5.82 Å². The van der Waals surface area contributed by atoms with Crippen LogP contribution in [-0.2, 0) is 6.18 Å². The molecule has 0 spiro atoms. The van der Waals surface area contributed by atoms with Gasteiger partial charge in [-0.3, -0.25) is 0 Å². The van der Waals surface area contributed by atoms with Crippen molar-refractivity contribution in [3.05, 3.63) is 76.5 Å². The molecule has 1 N–H and O–H groups in total. The Morgan fingerprint density at radius 3 is 2.32 bits per heavy atom. The molecule has 1 saturated heterocycles. The van der Waals surface area contributed by atoms with Crippen LogP contribution in [-0.4, -0.2) is 51.3 Å². The number of hydrogen-bond acceptors (Lipinski definition) is 4. The van der Waals surface area contributed by atoms with Gasteiger partial charge in [-0.2, -0.15) is 13.2 Å². The first-order valence-corrected chi connectivity index (χ1v) is 12.2. The monoisotopic (exact) mass is 580 g/mol. The predicted octanol–water partition coefficient (Wildman–Crippen LogP) is 6.55. The van der Waals surface area contributed by atoms with Crippen LogP contribution in [0.4, 0.5) is 34.6 Å². The fourth-order valence-electron chi connectivity index (χ4n) is 3.97. The number of anilines is 2. The van der Waals surface area contributed by atoms with Crippen LogP contribution in [0.25, 0.3) is 0 Å². The first-order chi connectivity index (χ1) is 17.7. The molecule has 1 heterocycles. The lowest BCUT2D eigenvalue weighted by molar-refractivity contribution is -0.137. The van der Waals surface area contributed by atoms with Crippen molar-refractivity contribution >= 4 is 39.0 Å². The Morgan fingerprint density at radius 1 is 0.946 bits per heavy atom. The number of para-hydroxylation sites is 1. The van der Waals surface area contributed by atoms with Gasteiger partial charge in [-0.25, -0.2) is 9.38 Å². The number of nitrogens with one attached hydrogen (secondary N) is 1. The van der Waals surface area contributed by atoms with E-state index in [2.05, 4.69) is 31.1 Å². The zero-order valence-electron chi connectivity index (χ0n) is 20.1. The zero-order chi connectivity index (χ0) is 26.6. The van der Waals surface area contributed by atoms with Gasteiger partial charge in [0.1, 0.15) is 23.0 Å². The number of ether oxygens (including phenoxy) is 2. The molecule has 6 nitrogen and oxygen atoms in total. The molecule has 1 aliphatic heterocycles. The number of methoxy groups -OCH3 is 2. The topological polar surface area (TPSA) is 49.3 Å². The number of nitrogens with zero attached hydrogens (tertiary/aromatic N) is 3. The van der Waals surface area contributed by atoms with Gasteiger partial charge in [0, 0.05) is 42.4 Å². The molecule has 0 bridgehead atoms. The SMILES string of the molecule is COc1cccc(N2CCN(C(=Nc3c(F)cccc3Br)Nc3cc(C(F)(F)F)ccc3OC)CC2)c1. The second kappa shape index (κ2) is 11.3. The first kappa shape index (κ1) is 26.6. The van der Waals surface area contributed by atoms with Gasteiger partial charge in [-0.05, 0) is 58.4 Å². The summed E-state index contributed by atoms with van der Waals surface area (Å²) in [6.07, 6.45) is -4.54. The van der Waals surface area contributed by atoms with Gasteiger partial charge in [0.15, 0.2) is 0 Å². The molecule has 3 aromatic carbocycles. The summed E-state index contributed by atoms with van der Waals surface area (Å²) >= 11 is 3.32. The summed E-state index contributed by atoms with van der Waals surface area (Å²) in [5.74, 6) is 0.571. The van der Waals surface area contributed by atoms with Crippen LogP contribution >= 0.6 is 15.9 Å². The summed E-state index contributed by atoms with van der Waals surface area (Å²) in [5.41, 5.74) is 0.247. The van der Waals surface area contributed by atoms with E-state index in [-0.39, 0.29) is 23.1 Å². The molecular weight excluding hydrogens is 556 g/mol. The second-order valence-corrected chi connectivity index (χ2v) is 9.07. The van der Waals surface area contributed by atoms with Gasteiger partial charge in [0.2, 0.25) is 5.96 Å². The highest BCUT2D eigenvalue weighted by Gasteiger charge is 2.32. The first-order valence-electron chi connectivity index (χ1n) is 11.4. The molecule has 3 aromatic rings. The third kappa shape index (κ3) is 6.27. The highest BCUT2D eigenvalue weighted by atomic mass is 79.9. The van der Waals surface area contributed by atoms with Crippen molar-refractivity contribution in [2.75, 3.05) is 50.6 Å². The van der Waals surface area contributed by atoms with Crippen molar-refractivity contribution in [3.63, 3.8) is 0 Å². The fraction of sp³-hybridized carbons (Fsp3) is 0.269. The zero-order valence-corrected chi connectivity index (χ0v) is 21.7. The lowest BCUT2D eigenvalue weighted by atomic mass is 10.1. The number of halogens is 5. The van der Waals surface area contributed by atoms with Gasteiger partial charge in [0.05, 0.1) is 25.5 Å². The lowest BCUT2D eigenvalue weighted by Crippen LogP contribution is -2.50. The van der Waals surface area contributed by atoms with Gasteiger partial charge in [-0.15, -0.1) is 0 Å². The van der Waals surface area contributed by atoms with E-state index in [0.717, 1.165) is 23.6 Å². The van der Waals surface area contributed by atoms with E-state index in [1.165, 1.54) is 25.3 Å². The van der Waals surface area contributed by atoms with Crippen molar-refractivity contribution < 1.29 is 27.0 Å². The Kier molecular flexibility index (Phi) is 8.11.